The van der Waals surface area contributed by atoms with Crippen molar-refractivity contribution in [1.29, 1.82) is 0 Å². The fraction of sp³-hybridized carbons (Fsp3) is 0.417. The van der Waals surface area contributed by atoms with Crippen LogP contribution in [0.25, 0.3) is 16.2 Å². The number of nitrogens with zero attached hydrogens (tertiary/aromatic N) is 5. The molecular formula is C24H28N8OS. The van der Waals surface area contributed by atoms with Crippen LogP contribution in [-0.4, -0.2) is 60.5 Å². The second kappa shape index (κ2) is 8.75. The molecule has 3 N–H and O–H groups in total. The summed E-state index contributed by atoms with van der Waals surface area (Å²) >= 11 is 1.59. The van der Waals surface area contributed by atoms with Gasteiger partial charge in [-0.3, -0.25) is 4.79 Å². The minimum Gasteiger partial charge on any atom is -0.381 e. The second-order valence-corrected chi connectivity index (χ2v) is 10.1. The summed E-state index contributed by atoms with van der Waals surface area (Å²) in [5, 5.41) is 13.5. The molecule has 0 spiro atoms. The third kappa shape index (κ3) is 4.25. The molecule has 5 heterocycles. The summed E-state index contributed by atoms with van der Waals surface area (Å²) in [6.45, 7) is 3.58. The number of H-pyrrole nitrogens is 1. The SMILES string of the molecule is C[C@H](Nc1cc(C(=O)N2CCC(Nc3cc[nH]c3)CC2)nc(-c2cnn3ccsc23)n1)C1CC1. The monoisotopic (exact) mass is 476 g/mol. The summed E-state index contributed by atoms with van der Waals surface area (Å²) in [7, 11) is 0. The lowest BCUT2D eigenvalue weighted by atomic mass is 10.0. The molecule has 0 bridgehead atoms. The van der Waals surface area contributed by atoms with Crippen molar-refractivity contribution in [3.05, 3.63) is 48.0 Å². The number of hydrogen-bond donors (Lipinski definition) is 3. The first kappa shape index (κ1) is 21.2. The zero-order valence-corrected chi connectivity index (χ0v) is 19.9. The van der Waals surface area contributed by atoms with E-state index in [1.54, 1.807) is 17.5 Å². The van der Waals surface area contributed by atoms with Gasteiger partial charge in [-0.1, -0.05) is 0 Å². The first-order chi connectivity index (χ1) is 16.6. The summed E-state index contributed by atoms with van der Waals surface area (Å²) < 4.78 is 1.82. The van der Waals surface area contributed by atoms with Gasteiger partial charge >= 0.3 is 0 Å². The van der Waals surface area contributed by atoms with Crippen molar-refractivity contribution in [1.82, 2.24) is 29.5 Å². The molecule has 2 aliphatic rings. The Morgan fingerprint density at radius 1 is 1.24 bits per heavy atom. The maximum Gasteiger partial charge on any atom is 0.272 e. The highest BCUT2D eigenvalue weighted by Crippen LogP contribution is 2.34. The van der Waals surface area contributed by atoms with Crippen molar-refractivity contribution >= 4 is 33.6 Å². The van der Waals surface area contributed by atoms with Gasteiger partial charge in [-0.15, -0.1) is 11.3 Å². The summed E-state index contributed by atoms with van der Waals surface area (Å²) in [5.74, 6) is 1.87. The molecule has 1 aliphatic carbocycles. The van der Waals surface area contributed by atoms with Gasteiger partial charge in [0.25, 0.3) is 5.91 Å². The predicted octanol–water partition coefficient (Wildman–Crippen LogP) is 4.11. The number of hydrogen-bond acceptors (Lipinski definition) is 7. The number of aromatic nitrogens is 5. The number of carbonyl (C=O) groups excluding carboxylic acids is 1. The van der Waals surface area contributed by atoms with Crippen LogP contribution in [0.1, 0.15) is 43.1 Å². The molecule has 1 amide bonds. The molecule has 0 radical (unpaired) electrons. The van der Waals surface area contributed by atoms with Crippen molar-refractivity contribution in [3.8, 4) is 11.4 Å². The van der Waals surface area contributed by atoms with Crippen molar-refractivity contribution in [3.63, 3.8) is 0 Å². The minimum atomic E-state index is -0.0412. The Balaban J connectivity index is 1.24. The first-order valence-corrected chi connectivity index (χ1v) is 12.8. The number of nitrogens with one attached hydrogen (secondary N) is 3. The van der Waals surface area contributed by atoms with Crippen LogP contribution >= 0.6 is 11.3 Å². The molecule has 1 atom stereocenters. The number of rotatable bonds is 7. The van der Waals surface area contributed by atoms with Crippen molar-refractivity contribution in [2.24, 2.45) is 5.92 Å². The van der Waals surface area contributed by atoms with E-state index in [4.69, 9.17) is 9.97 Å². The quantitative estimate of drug-likeness (QED) is 0.371. The molecule has 0 unspecified atom stereocenters. The average Bonchev–Trinajstić information content (AvgIpc) is 3.19. The van der Waals surface area contributed by atoms with Crippen LogP contribution in [0.4, 0.5) is 11.5 Å². The minimum absolute atomic E-state index is 0.0412. The van der Waals surface area contributed by atoms with Crippen LogP contribution in [-0.2, 0) is 0 Å². The van der Waals surface area contributed by atoms with E-state index in [0.717, 1.165) is 28.9 Å². The highest BCUT2D eigenvalue weighted by atomic mass is 32.1. The third-order valence-electron chi connectivity index (χ3n) is 6.77. The van der Waals surface area contributed by atoms with Crippen LogP contribution in [0, 0.1) is 5.92 Å². The van der Waals surface area contributed by atoms with E-state index < -0.39 is 0 Å². The fourth-order valence-corrected chi connectivity index (χ4v) is 5.41. The topological polar surface area (TPSA) is 103 Å². The molecule has 2 fully saturated rings. The molecule has 6 rings (SSSR count). The maximum atomic E-state index is 13.5. The van der Waals surface area contributed by atoms with E-state index in [1.165, 1.54) is 12.8 Å². The average molecular weight is 477 g/mol. The van der Waals surface area contributed by atoms with Gasteiger partial charge < -0.3 is 20.5 Å². The summed E-state index contributed by atoms with van der Waals surface area (Å²) in [6.07, 6.45) is 11.8. The predicted molar refractivity (Wildman–Crippen MR) is 133 cm³/mol. The van der Waals surface area contributed by atoms with Gasteiger partial charge in [0.2, 0.25) is 0 Å². The van der Waals surface area contributed by atoms with Gasteiger partial charge in [0.05, 0.1) is 17.4 Å². The Morgan fingerprint density at radius 2 is 2.09 bits per heavy atom. The maximum absolute atomic E-state index is 13.5. The molecule has 10 heteroatoms. The molecule has 176 valence electrons. The number of aromatic amines is 1. The van der Waals surface area contributed by atoms with Gasteiger partial charge in [0.15, 0.2) is 5.82 Å². The molecule has 9 nitrogen and oxygen atoms in total. The number of fused-ring (bicyclic) bond motifs is 1. The van der Waals surface area contributed by atoms with Gasteiger partial charge in [-0.05, 0) is 44.6 Å². The van der Waals surface area contributed by atoms with Crippen LogP contribution < -0.4 is 10.6 Å². The number of amides is 1. The zero-order valence-electron chi connectivity index (χ0n) is 19.1. The summed E-state index contributed by atoms with van der Waals surface area (Å²) in [5.41, 5.74) is 2.37. The third-order valence-corrected chi connectivity index (χ3v) is 7.66. The number of carbonyl (C=O) groups is 1. The standard InChI is InChI=1S/C24H28N8OS/c1-15(16-2-3-16)27-21-12-20(29-22(30-21)19-14-26-32-10-11-34-24(19)32)23(33)31-8-5-17(6-9-31)28-18-4-7-25-13-18/h4,7,10-17,25,28H,2-3,5-6,8-9H2,1H3,(H,27,29,30)/t15-/m0/s1. The Kier molecular flexibility index (Phi) is 5.44. The molecular weight excluding hydrogens is 448 g/mol. The van der Waals surface area contributed by atoms with Crippen molar-refractivity contribution in [2.45, 2.75) is 44.7 Å². The van der Waals surface area contributed by atoms with E-state index in [9.17, 15) is 4.79 Å². The second-order valence-electron chi connectivity index (χ2n) is 9.25. The molecule has 4 aromatic rings. The number of piperidine rings is 1. The molecule has 4 aromatic heterocycles. The van der Waals surface area contributed by atoms with Crippen LogP contribution in [0.2, 0.25) is 0 Å². The highest BCUT2D eigenvalue weighted by molar-refractivity contribution is 7.16. The Hall–Kier alpha value is -3.40. The van der Waals surface area contributed by atoms with E-state index >= 15 is 0 Å². The van der Waals surface area contributed by atoms with E-state index in [2.05, 4.69) is 27.6 Å². The molecule has 34 heavy (non-hydrogen) atoms. The molecule has 1 aliphatic heterocycles. The number of likely N-dealkylation sites (tertiary alicyclic amines) is 1. The zero-order chi connectivity index (χ0) is 23.1. The Labute approximate surface area is 201 Å². The largest absolute Gasteiger partial charge is 0.381 e. The highest BCUT2D eigenvalue weighted by Gasteiger charge is 2.29. The van der Waals surface area contributed by atoms with Gasteiger partial charge in [-0.2, -0.15) is 5.10 Å². The Morgan fingerprint density at radius 3 is 2.85 bits per heavy atom. The van der Waals surface area contributed by atoms with Gasteiger partial charge in [-0.25, -0.2) is 14.5 Å². The van der Waals surface area contributed by atoms with Crippen LogP contribution in [0.3, 0.4) is 0 Å². The van der Waals surface area contributed by atoms with Gasteiger partial charge in [0.1, 0.15) is 16.3 Å². The van der Waals surface area contributed by atoms with Crippen LogP contribution in [0.5, 0.6) is 0 Å². The van der Waals surface area contributed by atoms with E-state index in [0.29, 0.717) is 48.4 Å². The number of anilines is 2. The lowest BCUT2D eigenvalue weighted by Crippen LogP contribution is -2.42. The molecule has 1 saturated heterocycles. The van der Waals surface area contributed by atoms with Crippen molar-refractivity contribution < 1.29 is 4.79 Å². The summed E-state index contributed by atoms with van der Waals surface area (Å²) in [4.78, 5) is 29.0. The fourth-order valence-electron chi connectivity index (χ4n) is 4.62. The molecule has 1 saturated carbocycles. The smallest absolute Gasteiger partial charge is 0.272 e. The lowest BCUT2D eigenvalue weighted by Gasteiger charge is -2.32. The summed E-state index contributed by atoms with van der Waals surface area (Å²) in [6, 6.07) is 4.51. The van der Waals surface area contributed by atoms with E-state index in [1.807, 2.05) is 45.5 Å². The molecule has 0 aromatic carbocycles. The first-order valence-electron chi connectivity index (χ1n) is 11.9. The Bertz CT molecular complexity index is 1280. The van der Waals surface area contributed by atoms with Crippen molar-refractivity contribution in [2.75, 3.05) is 23.7 Å². The van der Waals surface area contributed by atoms with E-state index in [-0.39, 0.29) is 5.91 Å². The van der Waals surface area contributed by atoms with Gasteiger partial charge in [0, 0.05) is 55.2 Å². The van der Waals surface area contributed by atoms with Crippen LogP contribution in [0.15, 0.2) is 42.3 Å². The number of thiazole rings is 1. The normalized spacial score (nSPS) is 17.7. The lowest BCUT2D eigenvalue weighted by molar-refractivity contribution is 0.0712.